The lowest BCUT2D eigenvalue weighted by Crippen LogP contribution is -2.40. The molecule has 0 aliphatic heterocycles. The molecule has 0 aliphatic carbocycles. The van der Waals surface area contributed by atoms with Gasteiger partial charge in [0.15, 0.2) is 0 Å². The van der Waals surface area contributed by atoms with Crippen LogP contribution in [0.4, 0.5) is 13.2 Å². The van der Waals surface area contributed by atoms with Gasteiger partial charge in [-0.05, 0) is 36.6 Å². The van der Waals surface area contributed by atoms with Gasteiger partial charge in [0.1, 0.15) is 12.2 Å². The summed E-state index contributed by atoms with van der Waals surface area (Å²) in [5.74, 6) is -1.54. The van der Waals surface area contributed by atoms with Gasteiger partial charge in [0.05, 0.1) is 11.6 Å². The number of H-pyrrole nitrogens is 1. The van der Waals surface area contributed by atoms with Crippen molar-refractivity contribution in [1.29, 1.82) is 5.26 Å². The molecule has 0 atom stereocenters. The van der Waals surface area contributed by atoms with E-state index in [1.807, 2.05) is 11.1 Å². The molecule has 0 unspecified atom stereocenters. The van der Waals surface area contributed by atoms with E-state index >= 15 is 0 Å². The molecule has 0 fully saturated rings. The Morgan fingerprint density at radius 3 is 2.41 bits per heavy atom. The fourth-order valence-corrected chi connectivity index (χ4v) is 2.81. The molecule has 0 saturated heterocycles. The molecule has 1 aromatic carbocycles. The van der Waals surface area contributed by atoms with Gasteiger partial charge in [0.25, 0.3) is 5.56 Å². The minimum absolute atomic E-state index is 0.0747. The smallest absolute Gasteiger partial charge is 0.287 e. The molecule has 0 radical (unpaired) electrons. The van der Waals surface area contributed by atoms with Gasteiger partial charge in [-0.25, -0.2) is 4.79 Å². The number of aromatic amines is 1. The van der Waals surface area contributed by atoms with Crippen molar-refractivity contribution >= 4 is 5.78 Å². The fraction of sp³-hybridized carbons (Fsp3) is 0.333. The Morgan fingerprint density at radius 2 is 1.89 bits per heavy atom. The van der Waals surface area contributed by atoms with E-state index in [4.69, 9.17) is 5.26 Å². The third-order valence-electron chi connectivity index (χ3n) is 3.83. The average molecular weight is 379 g/mol. The summed E-state index contributed by atoms with van der Waals surface area (Å²) in [6.07, 6.45) is -4.78. The van der Waals surface area contributed by atoms with E-state index in [1.54, 1.807) is 6.92 Å². The summed E-state index contributed by atoms with van der Waals surface area (Å²) in [4.78, 5) is 39.1. The maximum absolute atomic E-state index is 13.0. The Morgan fingerprint density at radius 1 is 1.26 bits per heavy atom. The third-order valence-corrected chi connectivity index (χ3v) is 3.83. The normalized spacial score (nSPS) is 11.5. The van der Waals surface area contributed by atoms with Crippen molar-refractivity contribution in [3.8, 4) is 6.07 Å². The third kappa shape index (κ3) is 4.34. The summed E-state index contributed by atoms with van der Waals surface area (Å²) in [6.45, 7) is 2.95. The predicted molar refractivity (Wildman–Crippen MR) is 90.8 cm³/mol. The van der Waals surface area contributed by atoms with Gasteiger partial charge in [-0.1, -0.05) is 13.8 Å². The van der Waals surface area contributed by atoms with Crippen molar-refractivity contribution in [2.75, 3.05) is 0 Å². The highest BCUT2D eigenvalue weighted by atomic mass is 19.4. The second-order valence-corrected chi connectivity index (χ2v) is 6.41. The summed E-state index contributed by atoms with van der Waals surface area (Å²) in [5, 5.41) is 9.06. The van der Waals surface area contributed by atoms with Crippen LogP contribution in [0, 0.1) is 18.3 Å². The Kier molecular flexibility index (Phi) is 5.40. The summed E-state index contributed by atoms with van der Waals surface area (Å²) >= 11 is 0. The predicted octanol–water partition coefficient (Wildman–Crippen LogP) is 2.63. The molecule has 1 heterocycles. The Hall–Kier alpha value is -3.15. The van der Waals surface area contributed by atoms with E-state index < -0.39 is 41.4 Å². The molecule has 6 nitrogen and oxygen atoms in total. The molecule has 142 valence electrons. The average Bonchev–Trinajstić information content (AvgIpc) is 2.54. The first-order valence-electron chi connectivity index (χ1n) is 7.95. The van der Waals surface area contributed by atoms with Crippen molar-refractivity contribution in [3.05, 3.63) is 67.0 Å². The number of aromatic nitrogens is 2. The lowest BCUT2D eigenvalue weighted by molar-refractivity contribution is -0.141. The summed E-state index contributed by atoms with van der Waals surface area (Å²) in [7, 11) is 0. The van der Waals surface area contributed by atoms with Gasteiger partial charge in [-0.3, -0.25) is 19.1 Å². The van der Waals surface area contributed by atoms with Crippen LogP contribution in [0.15, 0.2) is 27.8 Å². The first-order valence-corrected chi connectivity index (χ1v) is 7.95. The molecule has 27 heavy (non-hydrogen) atoms. The van der Waals surface area contributed by atoms with E-state index in [1.165, 1.54) is 32.0 Å². The molecule has 2 rings (SSSR count). The standard InChI is InChI=1S/C18H16F3N3O3/c1-9(2)13-14(15(25)12-5-10(3)4-11(6-12)7-22)24(8-18(19,20)21)17(27)23-16(13)26/h4-6,9H,8H2,1-3H3,(H,23,26,27). The van der Waals surface area contributed by atoms with Crippen LogP contribution in [0.2, 0.25) is 0 Å². The number of hydrogen-bond donors (Lipinski definition) is 1. The van der Waals surface area contributed by atoms with Crippen LogP contribution in [0.25, 0.3) is 0 Å². The molecule has 0 bridgehead atoms. The molecule has 0 amide bonds. The van der Waals surface area contributed by atoms with Crippen LogP contribution in [0.1, 0.15) is 52.5 Å². The van der Waals surface area contributed by atoms with Gasteiger partial charge in [0, 0.05) is 11.1 Å². The second-order valence-electron chi connectivity index (χ2n) is 6.41. The molecule has 0 spiro atoms. The molecule has 1 aromatic heterocycles. The molecule has 2 aromatic rings. The highest BCUT2D eigenvalue weighted by molar-refractivity contribution is 6.09. The number of nitrogens with one attached hydrogen (secondary N) is 1. The quantitative estimate of drug-likeness (QED) is 0.826. The van der Waals surface area contributed by atoms with Crippen LogP contribution in [0.5, 0.6) is 0 Å². The van der Waals surface area contributed by atoms with E-state index in [-0.39, 0.29) is 21.3 Å². The number of rotatable bonds is 4. The van der Waals surface area contributed by atoms with Gasteiger partial charge in [-0.2, -0.15) is 18.4 Å². The molecule has 0 saturated carbocycles. The first-order chi connectivity index (χ1) is 12.4. The summed E-state index contributed by atoms with van der Waals surface area (Å²) in [6, 6.07) is 5.96. The molecular weight excluding hydrogens is 363 g/mol. The maximum Gasteiger partial charge on any atom is 0.406 e. The molecule has 9 heteroatoms. The van der Waals surface area contributed by atoms with Crippen LogP contribution in [0.3, 0.4) is 0 Å². The first kappa shape index (κ1) is 20.2. The zero-order valence-corrected chi connectivity index (χ0v) is 14.8. The van der Waals surface area contributed by atoms with Gasteiger partial charge in [0.2, 0.25) is 5.78 Å². The van der Waals surface area contributed by atoms with Gasteiger partial charge in [-0.15, -0.1) is 0 Å². The van der Waals surface area contributed by atoms with Crippen LogP contribution in [-0.2, 0) is 6.54 Å². The Balaban J connectivity index is 2.86. The summed E-state index contributed by atoms with van der Waals surface area (Å²) < 4.78 is 39.2. The van der Waals surface area contributed by atoms with E-state index in [0.29, 0.717) is 5.56 Å². The van der Waals surface area contributed by atoms with Crippen LogP contribution in [-0.4, -0.2) is 21.5 Å². The van der Waals surface area contributed by atoms with Crippen molar-refractivity contribution in [1.82, 2.24) is 9.55 Å². The fourth-order valence-electron chi connectivity index (χ4n) is 2.81. The Labute approximate surface area is 151 Å². The lowest BCUT2D eigenvalue weighted by Gasteiger charge is -2.18. The largest absolute Gasteiger partial charge is 0.406 e. The van der Waals surface area contributed by atoms with Crippen molar-refractivity contribution in [2.24, 2.45) is 0 Å². The molecular formula is C18H16F3N3O3. The second kappa shape index (κ2) is 7.23. The van der Waals surface area contributed by atoms with Gasteiger partial charge < -0.3 is 0 Å². The van der Waals surface area contributed by atoms with Crippen molar-refractivity contribution < 1.29 is 18.0 Å². The van der Waals surface area contributed by atoms with Crippen LogP contribution >= 0.6 is 0 Å². The minimum Gasteiger partial charge on any atom is -0.287 e. The topological polar surface area (TPSA) is 95.7 Å². The number of halogens is 3. The maximum atomic E-state index is 13.0. The lowest BCUT2D eigenvalue weighted by atomic mass is 9.95. The highest BCUT2D eigenvalue weighted by Gasteiger charge is 2.33. The highest BCUT2D eigenvalue weighted by Crippen LogP contribution is 2.23. The van der Waals surface area contributed by atoms with Gasteiger partial charge >= 0.3 is 11.9 Å². The number of ketones is 1. The minimum atomic E-state index is -4.78. The Bertz CT molecular complexity index is 1060. The number of nitrogens with zero attached hydrogens (tertiary/aromatic N) is 2. The SMILES string of the molecule is Cc1cc(C#N)cc(C(=O)c2c(C(C)C)c(=O)[nH]c(=O)n2CC(F)(F)F)c1. The number of aryl methyl sites for hydroxylation is 1. The zero-order valence-electron chi connectivity index (χ0n) is 14.8. The number of carbonyl (C=O) groups excluding carboxylic acids is 1. The molecule has 1 N–H and O–H groups in total. The van der Waals surface area contributed by atoms with Crippen molar-refractivity contribution in [2.45, 2.75) is 39.4 Å². The van der Waals surface area contributed by atoms with Crippen molar-refractivity contribution in [3.63, 3.8) is 0 Å². The van der Waals surface area contributed by atoms with E-state index in [2.05, 4.69) is 0 Å². The number of nitriles is 1. The number of benzene rings is 1. The number of alkyl halides is 3. The van der Waals surface area contributed by atoms with E-state index in [0.717, 1.165) is 0 Å². The number of hydrogen-bond acceptors (Lipinski definition) is 4. The number of carbonyl (C=O) groups is 1. The summed E-state index contributed by atoms with van der Waals surface area (Å²) in [5.41, 5.74) is -2.47. The van der Waals surface area contributed by atoms with E-state index in [9.17, 15) is 27.6 Å². The zero-order chi connectivity index (χ0) is 20.5. The monoisotopic (exact) mass is 379 g/mol. The van der Waals surface area contributed by atoms with Crippen LogP contribution < -0.4 is 11.2 Å². The molecule has 0 aliphatic rings.